The second-order valence-corrected chi connectivity index (χ2v) is 13.5. The normalized spacial score (nSPS) is 28.6. The summed E-state index contributed by atoms with van der Waals surface area (Å²) in [6.45, 7) is 7.65. The molecule has 7 N–H and O–H groups in total. The number of H-pyrrole nitrogens is 1. The van der Waals surface area contributed by atoms with E-state index in [1.807, 2.05) is 39.8 Å². The Balaban J connectivity index is 1.71. The van der Waals surface area contributed by atoms with Crippen LogP contribution in [0.25, 0.3) is 6.08 Å². The van der Waals surface area contributed by atoms with Gasteiger partial charge >= 0.3 is 11.9 Å². The zero-order valence-corrected chi connectivity index (χ0v) is 28.5. The van der Waals surface area contributed by atoms with E-state index < -0.39 is 24.1 Å². The summed E-state index contributed by atoms with van der Waals surface area (Å²) in [7, 11) is 0. The molecule has 3 aliphatic heterocycles. The van der Waals surface area contributed by atoms with E-state index in [4.69, 9.17) is 0 Å². The van der Waals surface area contributed by atoms with Gasteiger partial charge in [0, 0.05) is 65.2 Å². The number of nitrogens with one attached hydrogen (secondary N) is 4. The molecule has 252 valence electrons. The van der Waals surface area contributed by atoms with Gasteiger partial charge in [0.2, 0.25) is 11.8 Å². The van der Waals surface area contributed by atoms with Crippen LogP contribution >= 0.6 is 25.3 Å². The molecule has 3 unspecified atom stereocenters. The van der Waals surface area contributed by atoms with Crippen LogP contribution in [0.1, 0.15) is 81.5 Å². The number of carboxylic acid groups (broad SMARTS) is 2. The Kier molecular flexibility index (Phi) is 11.8. The second-order valence-electron chi connectivity index (χ2n) is 12.7. The van der Waals surface area contributed by atoms with Crippen molar-refractivity contribution in [2.24, 2.45) is 17.8 Å². The monoisotopic (exact) mass is 674 g/mol. The zero-order valence-electron chi connectivity index (χ0n) is 26.7. The van der Waals surface area contributed by atoms with Crippen LogP contribution in [0, 0.1) is 24.7 Å². The lowest BCUT2D eigenvalue weighted by Gasteiger charge is -2.25. The molecule has 0 bridgehead atoms. The predicted molar refractivity (Wildman–Crippen MR) is 182 cm³/mol. The van der Waals surface area contributed by atoms with Crippen molar-refractivity contribution in [1.29, 1.82) is 0 Å². The fraction of sp³-hybridized carbons (Fsp3) is 0.576. The van der Waals surface area contributed by atoms with Crippen molar-refractivity contribution in [2.75, 3.05) is 11.5 Å². The van der Waals surface area contributed by atoms with Gasteiger partial charge in [0.15, 0.2) is 0 Å². The van der Waals surface area contributed by atoms with Crippen LogP contribution in [0.2, 0.25) is 0 Å². The summed E-state index contributed by atoms with van der Waals surface area (Å²) < 4.78 is 0. The molecule has 0 aliphatic carbocycles. The lowest BCUT2D eigenvalue weighted by molar-refractivity contribution is -0.138. The highest BCUT2D eigenvalue weighted by Gasteiger charge is 2.44. The molecule has 1 aromatic rings. The highest BCUT2D eigenvalue weighted by molar-refractivity contribution is 7.80. The number of aliphatic carboxylic acids is 2. The first kappa shape index (κ1) is 35.7. The Hall–Kier alpha value is -3.16. The number of aliphatic hydroxyl groups excluding tert-OH is 1. The molecule has 0 aromatic carbocycles. The van der Waals surface area contributed by atoms with Crippen molar-refractivity contribution in [3.63, 3.8) is 0 Å². The molecule has 46 heavy (non-hydrogen) atoms. The minimum atomic E-state index is -1.06. The van der Waals surface area contributed by atoms with Gasteiger partial charge in [0.1, 0.15) is 6.10 Å². The second kappa shape index (κ2) is 15.2. The van der Waals surface area contributed by atoms with Gasteiger partial charge in [-0.3, -0.25) is 19.2 Å². The minimum absolute atomic E-state index is 0.0207. The molecule has 2 amide bonds. The summed E-state index contributed by atoms with van der Waals surface area (Å²) in [6, 6.07) is -0.827. The van der Waals surface area contributed by atoms with Gasteiger partial charge in [0.25, 0.3) is 0 Å². The van der Waals surface area contributed by atoms with Crippen molar-refractivity contribution < 1.29 is 34.5 Å². The standard InChI is InChI=1S/C33H46N4O7S2/c1-15-19(5-7-27(38)39)25(34-23(15)13-24-16(2)22(10-12-46)33(44)36-24)14-26-20(6-8-28(40)41)17(3)29(35-26)31(42)30-21(9-11-45)18(4)32(43)37-30/h10,14,16,18,21,23-24,30-31,34-35,42,45-46H,5-9,11-13H2,1-4H3,(H,36,44)(H,37,43)(H,38,39)(H,40,41)/b22-10+,25-14-/t16?,18-,21-,23?,24-,30?,31+/m1/s1. The van der Waals surface area contributed by atoms with Gasteiger partial charge in [-0.15, -0.1) is 0 Å². The number of hydrogen-bond acceptors (Lipinski definition) is 8. The summed E-state index contributed by atoms with van der Waals surface area (Å²) in [5, 5.41) is 40.2. The van der Waals surface area contributed by atoms with Crippen LogP contribution in [-0.4, -0.2) is 73.7 Å². The van der Waals surface area contributed by atoms with Gasteiger partial charge in [-0.2, -0.15) is 25.3 Å². The zero-order chi connectivity index (χ0) is 33.9. The third-order valence-electron chi connectivity index (χ3n) is 9.97. The number of amides is 2. The van der Waals surface area contributed by atoms with Gasteiger partial charge in [-0.25, -0.2) is 0 Å². The van der Waals surface area contributed by atoms with Crippen LogP contribution in [-0.2, 0) is 25.6 Å². The third kappa shape index (κ3) is 7.52. The molecule has 0 spiro atoms. The van der Waals surface area contributed by atoms with E-state index in [1.54, 1.807) is 0 Å². The van der Waals surface area contributed by atoms with Crippen LogP contribution in [0.15, 0.2) is 28.5 Å². The number of hydrogen-bond donors (Lipinski definition) is 9. The number of rotatable bonds is 14. The summed E-state index contributed by atoms with van der Waals surface area (Å²) in [4.78, 5) is 51.7. The molecule has 2 fully saturated rings. The van der Waals surface area contributed by atoms with E-state index in [0.717, 1.165) is 16.7 Å². The van der Waals surface area contributed by atoms with Crippen LogP contribution in [0.4, 0.5) is 0 Å². The molecule has 0 saturated carbocycles. The summed E-state index contributed by atoms with van der Waals surface area (Å²) in [5.41, 5.74) is 5.81. The fourth-order valence-electron chi connectivity index (χ4n) is 7.20. The molecule has 4 heterocycles. The van der Waals surface area contributed by atoms with Crippen LogP contribution in [0.5, 0.6) is 0 Å². The minimum Gasteiger partial charge on any atom is -0.481 e. The van der Waals surface area contributed by atoms with E-state index in [1.165, 1.54) is 0 Å². The number of thiol groups is 2. The maximum absolute atomic E-state index is 12.6. The molecule has 1 aromatic heterocycles. The Bertz CT molecular complexity index is 1470. The number of carboxylic acids is 2. The van der Waals surface area contributed by atoms with Gasteiger partial charge in [0.05, 0.1) is 6.04 Å². The average molecular weight is 675 g/mol. The van der Waals surface area contributed by atoms with Gasteiger partial charge < -0.3 is 36.3 Å². The number of carbonyl (C=O) groups is 4. The van der Waals surface area contributed by atoms with Crippen LogP contribution in [0.3, 0.4) is 0 Å². The van der Waals surface area contributed by atoms with E-state index in [-0.39, 0.29) is 67.3 Å². The number of carbonyl (C=O) groups excluding carboxylic acids is 2. The van der Waals surface area contributed by atoms with E-state index in [9.17, 15) is 34.5 Å². The van der Waals surface area contributed by atoms with Crippen molar-refractivity contribution >= 4 is 55.1 Å². The largest absolute Gasteiger partial charge is 0.481 e. The average Bonchev–Trinajstić information content (AvgIpc) is 3.65. The van der Waals surface area contributed by atoms with Crippen molar-refractivity contribution in [3.8, 4) is 0 Å². The first-order valence-corrected chi connectivity index (χ1v) is 17.1. The SMILES string of the molecule is CC1=C(CCC(=O)O)/C(=C/c2[nH]c([C@H](O)C3NC(=O)[C@H](C)[C@H]3CCS)c(C)c2CCC(=O)O)NC1C[C@H]1NC(=O)/C(=C/CS)C1C. The molecule has 3 aliphatic rings. The predicted octanol–water partition coefficient (Wildman–Crippen LogP) is 3.32. The Labute approximate surface area is 280 Å². The Morgan fingerprint density at radius 2 is 1.65 bits per heavy atom. The highest BCUT2D eigenvalue weighted by Crippen LogP contribution is 2.38. The van der Waals surface area contributed by atoms with E-state index in [2.05, 4.69) is 46.2 Å². The molecule has 11 nitrogen and oxygen atoms in total. The Morgan fingerprint density at radius 3 is 2.28 bits per heavy atom. The lowest BCUT2D eigenvalue weighted by atomic mass is 9.85. The highest BCUT2D eigenvalue weighted by atomic mass is 32.1. The molecular weight excluding hydrogens is 629 g/mol. The topological polar surface area (TPSA) is 181 Å². The quantitative estimate of drug-likeness (QED) is 0.106. The molecular formula is C33H46N4O7S2. The van der Waals surface area contributed by atoms with Crippen molar-refractivity contribution in [1.82, 2.24) is 20.9 Å². The molecule has 13 heteroatoms. The van der Waals surface area contributed by atoms with Gasteiger partial charge in [-0.1, -0.05) is 19.9 Å². The number of allylic oxidation sites excluding steroid dienone is 1. The summed E-state index contributed by atoms with van der Waals surface area (Å²) in [5.74, 6) is -1.51. The summed E-state index contributed by atoms with van der Waals surface area (Å²) in [6.07, 6.45) is 4.15. The number of aliphatic hydroxyl groups is 1. The first-order valence-electron chi connectivity index (χ1n) is 15.8. The summed E-state index contributed by atoms with van der Waals surface area (Å²) >= 11 is 8.61. The van der Waals surface area contributed by atoms with Gasteiger partial charge in [-0.05, 0) is 79.6 Å². The lowest BCUT2D eigenvalue weighted by Crippen LogP contribution is -2.36. The van der Waals surface area contributed by atoms with Crippen molar-refractivity contribution in [3.05, 3.63) is 51.0 Å². The van der Waals surface area contributed by atoms with Crippen LogP contribution < -0.4 is 16.0 Å². The third-order valence-corrected chi connectivity index (χ3v) is 10.4. The molecule has 2 saturated heterocycles. The van der Waals surface area contributed by atoms with E-state index >= 15 is 0 Å². The first-order chi connectivity index (χ1) is 21.8. The number of aromatic nitrogens is 1. The molecule has 4 rings (SSSR count). The molecule has 7 atom stereocenters. The fourth-order valence-corrected chi connectivity index (χ4v) is 7.70. The maximum Gasteiger partial charge on any atom is 0.303 e. The smallest absolute Gasteiger partial charge is 0.303 e. The molecule has 0 radical (unpaired) electrons. The maximum atomic E-state index is 12.6. The number of aromatic amines is 1. The Morgan fingerprint density at radius 1 is 0.978 bits per heavy atom. The van der Waals surface area contributed by atoms with E-state index in [0.29, 0.717) is 52.6 Å². The van der Waals surface area contributed by atoms with Crippen molar-refractivity contribution in [2.45, 2.75) is 90.4 Å².